The predicted octanol–water partition coefficient (Wildman–Crippen LogP) is 3.20. The molecular formula is C17H19ClO6S. The van der Waals surface area contributed by atoms with E-state index in [4.69, 9.17) is 16.3 Å². The van der Waals surface area contributed by atoms with Gasteiger partial charge in [-0.3, -0.25) is 4.55 Å². The minimum Gasteiger partial charge on any atom is -0.504 e. The van der Waals surface area contributed by atoms with Gasteiger partial charge in [0, 0.05) is 23.1 Å². The fourth-order valence-corrected chi connectivity index (χ4v) is 3.73. The monoisotopic (exact) mass is 386 g/mol. The van der Waals surface area contributed by atoms with Gasteiger partial charge < -0.3 is 14.9 Å². The normalized spacial score (nSPS) is 12.9. The van der Waals surface area contributed by atoms with Gasteiger partial charge in [-0.05, 0) is 42.7 Å². The molecule has 0 aromatic heterocycles. The van der Waals surface area contributed by atoms with Crippen LogP contribution in [0, 0.1) is 6.92 Å². The number of aliphatic hydroxyl groups excluding tert-OH is 1. The van der Waals surface area contributed by atoms with Gasteiger partial charge in [0.2, 0.25) is 0 Å². The number of rotatable bonds is 5. The van der Waals surface area contributed by atoms with Crippen LogP contribution in [0.3, 0.4) is 0 Å². The Morgan fingerprint density at radius 1 is 1.28 bits per heavy atom. The third-order valence-corrected chi connectivity index (χ3v) is 4.94. The van der Waals surface area contributed by atoms with E-state index in [0.717, 1.165) is 0 Å². The molecule has 2 aromatic rings. The van der Waals surface area contributed by atoms with Crippen molar-refractivity contribution in [1.82, 2.24) is 0 Å². The molecule has 6 nitrogen and oxygen atoms in total. The van der Waals surface area contributed by atoms with Crippen LogP contribution in [0.25, 0.3) is 11.1 Å². The van der Waals surface area contributed by atoms with Gasteiger partial charge in [0.15, 0.2) is 11.5 Å². The van der Waals surface area contributed by atoms with Crippen LogP contribution in [-0.4, -0.2) is 36.4 Å². The zero-order valence-corrected chi connectivity index (χ0v) is 15.5. The first kappa shape index (κ1) is 19.5. The maximum Gasteiger partial charge on any atom is 0.294 e. The van der Waals surface area contributed by atoms with E-state index >= 15 is 0 Å². The van der Waals surface area contributed by atoms with Gasteiger partial charge in [-0.15, -0.1) is 0 Å². The molecule has 0 saturated carbocycles. The molecule has 0 amide bonds. The van der Waals surface area contributed by atoms with E-state index in [9.17, 15) is 23.2 Å². The van der Waals surface area contributed by atoms with Gasteiger partial charge in [-0.25, -0.2) is 0 Å². The van der Waals surface area contributed by atoms with E-state index in [1.165, 1.54) is 38.3 Å². The van der Waals surface area contributed by atoms with Crippen LogP contribution in [0.2, 0.25) is 5.02 Å². The van der Waals surface area contributed by atoms with Crippen LogP contribution in [0.5, 0.6) is 11.5 Å². The van der Waals surface area contributed by atoms with Crippen LogP contribution in [0.1, 0.15) is 18.1 Å². The smallest absolute Gasteiger partial charge is 0.294 e. The first-order valence-corrected chi connectivity index (χ1v) is 9.23. The van der Waals surface area contributed by atoms with Crippen LogP contribution >= 0.6 is 11.6 Å². The maximum atomic E-state index is 11.8. The standard InChI is InChI=1S/C17H19ClO6S/c1-9-4-5-15(25(21,22)23)12(6-10(2)19)16(9)13-7-11(18)8-14(24-3)17(13)20/h4-5,7-8,10,19-20H,6H2,1-3H3,(H,21,22,23). The Hall–Kier alpha value is -1.80. The number of benzene rings is 2. The average molecular weight is 387 g/mol. The van der Waals surface area contributed by atoms with Gasteiger partial charge in [0.25, 0.3) is 10.1 Å². The van der Waals surface area contributed by atoms with Gasteiger partial charge in [0.1, 0.15) is 0 Å². The molecule has 3 N–H and O–H groups in total. The van der Waals surface area contributed by atoms with Crippen LogP contribution < -0.4 is 4.74 Å². The fraction of sp³-hybridized carbons (Fsp3) is 0.294. The summed E-state index contributed by atoms with van der Waals surface area (Å²) >= 11 is 6.08. The highest BCUT2D eigenvalue weighted by molar-refractivity contribution is 7.85. The lowest BCUT2D eigenvalue weighted by atomic mass is 9.91. The van der Waals surface area contributed by atoms with E-state index in [1.54, 1.807) is 6.92 Å². The molecule has 0 aliphatic rings. The Balaban J connectivity index is 2.93. The van der Waals surface area contributed by atoms with Crippen LogP contribution in [0.15, 0.2) is 29.2 Å². The second kappa shape index (κ2) is 7.21. The molecule has 1 atom stereocenters. The van der Waals surface area contributed by atoms with E-state index < -0.39 is 16.2 Å². The molecule has 2 rings (SSSR count). The van der Waals surface area contributed by atoms with Crippen molar-refractivity contribution in [2.24, 2.45) is 0 Å². The lowest BCUT2D eigenvalue weighted by Crippen LogP contribution is -2.12. The summed E-state index contributed by atoms with van der Waals surface area (Å²) in [6, 6.07) is 5.68. The Morgan fingerprint density at radius 3 is 2.44 bits per heavy atom. The average Bonchev–Trinajstić information content (AvgIpc) is 2.48. The number of phenols is 1. The van der Waals surface area contributed by atoms with Crippen molar-refractivity contribution in [3.8, 4) is 22.6 Å². The largest absolute Gasteiger partial charge is 0.504 e. The highest BCUT2D eigenvalue weighted by atomic mass is 35.5. The van der Waals surface area contributed by atoms with Gasteiger partial charge in [0.05, 0.1) is 18.1 Å². The third kappa shape index (κ3) is 4.07. The zero-order chi connectivity index (χ0) is 18.9. The lowest BCUT2D eigenvalue weighted by molar-refractivity contribution is 0.195. The first-order valence-electron chi connectivity index (χ1n) is 7.41. The number of aryl methyl sites for hydroxylation is 1. The summed E-state index contributed by atoms with van der Waals surface area (Å²) in [5, 5.41) is 20.6. The summed E-state index contributed by atoms with van der Waals surface area (Å²) in [7, 11) is -3.15. The van der Waals surface area contributed by atoms with E-state index in [-0.39, 0.29) is 39.0 Å². The summed E-state index contributed by atoms with van der Waals surface area (Å²) < 4.78 is 38.2. The molecule has 0 fully saturated rings. The van der Waals surface area contributed by atoms with Crippen LogP contribution in [-0.2, 0) is 16.5 Å². The number of ether oxygens (including phenoxy) is 1. The highest BCUT2D eigenvalue weighted by Crippen LogP contribution is 2.43. The molecule has 8 heteroatoms. The Morgan fingerprint density at radius 2 is 1.92 bits per heavy atom. The Bertz CT molecular complexity index is 906. The van der Waals surface area contributed by atoms with Crippen molar-refractivity contribution in [2.75, 3.05) is 7.11 Å². The molecule has 0 aliphatic heterocycles. The van der Waals surface area contributed by atoms with Crippen molar-refractivity contribution in [3.63, 3.8) is 0 Å². The number of halogens is 1. The molecule has 25 heavy (non-hydrogen) atoms. The van der Waals surface area contributed by atoms with Crippen molar-refractivity contribution in [1.29, 1.82) is 0 Å². The summed E-state index contributed by atoms with van der Waals surface area (Å²) in [5.41, 5.74) is 1.46. The molecule has 0 bridgehead atoms. The van der Waals surface area contributed by atoms with Crippen molar-refractivity contribution in [3.05, 3.63) is 40.4 Å². The molecule has 0 heterocycles. The number of hydrogen-bond acceptors (Lipinski definition) is 5. The van der Waals surface area contributed by atoms with E-state index in [2.05, 4.69) is 0 Å². The minimum atomic E-state index is -4.52. The molecule has 136 valence electrons. The second-order valence-corrected chi connectivity index (χ2v) is 7.59. The molecule has 2 aromatic carbocycles. The van der Waals surface area contributed by atoms with Crippen molar-refractivity contribution in [2.45, 2.75) is 31.3 Å². The molecule has 0 spiro atoms. The molecule has 0 aliphatic carbocycles. The van der Waals surface area contributed by atoms with Crippen LogP contribution in [0.4, 0.5) is 0 Å². The predicted molar refractivity (Wildman–Crippen MR) is 95.0 cm³/mol. The molecule has 0 saturated heterocycles. The number of hydrogen-bond donors (Lipinski definition) is 3. The van der Waals surface area contributed by atoms with Gasteiger partial charge in [-0.2, -0.15) is 8.42 Å². The lowest BCUT2D eigenvalue weighted by Gasteiger charge is -2.19. The van der Waals surface area contributed by atoms with Crippen molar-refractivity contribution < 1.29 is 27.9 Å². The zero-order valence-electron chi connectivity index (χ0n) is 13.9. The number of methoxy groups -OCH3 is 1. The SMILES string of the molecule is COc1cc(Cl)cc(-c2c(C)ccc(S(=O)(=O)O)c2CC(C)O)c1O. The molecular weight excluding hydrogens is 368 g/mol. The number of aliphatic hydroxyl groups is 1. The number of phenolic OH excluding ortho intramolecular Hbond substituents is 1. The summed E-state index contributed by atoms with van der Waals surface area (Å²) in [4.78, 5) is -0.327. The fourth-order valence-electron chi connectivity index (χ4n) is 2.78. The second-order valence-electron chi connectivity index (χ2n) is 5.77. The molecule has 0 radical (unpaired) electrons. The maximum absolute atomic E-state index is 11.8. The minimum absolute atomic E-state index is 0.0413. The Labute approximate surface area is 151 Å². The summed E-state index contributed by atoms with van der Waals surface area (Å²) in [6.45, 7) is 3.22. The van der Waals surface area contributed by atoms with E-state index in [1.807, 2.05) is 0 Å². The Kier molecular flexibility index (Phi) is 5.63. The number of aromatic hydroxyl groups is 1. The molecule has 1 unspecified atom stereocenters. The summed E-state index contributed by atoms with van der Waals surface area (Å²) in [6.07, 6.45) is -0.912. The van der Waals surface area contributed by atoms with E-state index in [0.29, 0.717) is 11.1 Å². The topological polar surface area (TPSA) is 104 Å². The quantitative estimate of drug-likeness (QED) is 0.681. The van der Waals surface area contributed by atoms with Gasteiger partial charge >= 0.3 is 0 Å². The van der Waals surface area contributed by atoms with Gasteiger partial charge in [-0.1, -0.05) is 17.7 Å². The first-order chi connectivity index (χ1) is 11.6. The summed E-state index contributed by atoms with van der Waals surface area (Å²) in [5.74, 6) is -0.0866. The third-order valence-electron chi connectivity index (χ3n) is 3.78. The highest BCUT2D eigenvalue weighted by Gasteiger charge is 2.24. The van der Waals surface area contributed by atoms with Crippen molar-refractivity contribution >= 4 is 21.7 Å².